The van der Waals surface area contributed by atoms with Crippen molar-refractivity contribution >= 4 is 91.7 Å². The lowest BCUT2D eigenvalue weighted by Gasteiger charge is -2.28. The number of thiophene rings is 1. The highest BCUT2D eigenvalue weighted by Crippen LogP contribution is 2.46. The summed E-state index contributed by atoms with van der Waals surface area (Å²) >= 11 is 3.63. The molecule has 2 aromatic heterocycles. The summed E-state index contributed by atoms with van der Waals surface area (Å²) in [5.74, 6) is 0. The summed E-state index contributed by atoms with van der Waals surface area (Å²) in [5, 5.41) is 8.48. The van der Waals surface area contributed by atoms with Crippen LogP contribution in [0.1, 0.15) is 0 Å². The van der Waals surface area contributed by atoms with Crippen molar-refractivity contribution in [1.29, 1.82) is 0 Å². The molecule has 2 heterocycles. The van der Waals surface area contributed by atoms with Crippen molar-refractivity contribution in [1.82, 2.24) is 4.98 Å². The number of hydrogen-bond acceptors (Lipinski definition) is 4. The van der Waals surface area contributed by atoms with Crippen molar-refractivity contribution in [3.63, 3.8) is 0 Å². The molecular weight excluding hydrogens is 705 g/mol. The highest BCUT2D eigenvalue weighted by molar-refractivity contribution is 7.26. The van der Waals surface area contributed by atoms with Gasteiger partial charge in [0.25, 0.3) is 0 Å². The summed E-state index contributed by atoms with van der Waals surface area (Å²) in [6.07, 6.45) is 0. The minimum Gasteiger partial charge on any atom is -0.310 e. The Morgan fingerprint density at radius 2 is 1.02 bits per heavy atom. The van der Waals surface area contributed by atoms with Crippen LogP contribution in [0.3, 0.4) is 0 Å². The van der Waals surface area contributed by atoms with Gasteiger partial charge in [-0.2, -0.15) is 0 Å². The van der Waals surface area contributed by atoms with Gasteiger partial charge in [0.05, 0.1) is 15.9 Å². The molecule has 0 radical (unpaired) electrons. The van der Waals surface area contributed by atoms with E-state index in [-0.39, 0.29) is 0 Å². The molecule has 11 aromatic rings. The average Bonchev–Trinajstić information content (AvgIpc) is 3.83. The lowest BCUT2D eigenvalue weighted by molar-refractivity contribution is 1.30. The number of aromatic nitrogens is 1. The average molecular weight is 737 g/mol. The minimum atomic E-state index is 1.05. The SMILES string of the molecule is c1ccc(-c2ccc(N(c3ccc4c(c3)sc3cc5sc(-c6ccccc6)nc5cc34)c3cc(-c4cccc5ccccc45)cc4ccccc34)cc2)cc1. The molecule has 0 atom stereocenters. The Morgan fingerprint density at radius 1 is 0.364 bits per heavy atom. The maximum atomic E-state index is 5.07. The van der Waals surface area contributed by atoms with Crippen molar-refractivity contribution in [3.05, 3.63) is 194 Å². The second kappa shape index (κ2) is 13.1. The molecule has 4 heteroatoms. The molecule has 0 N–H and O–H groups in total. The summed E-state index contributed by atoms with van der Waals surface area (Å²) in [6, 6.07) is 70.5. The zero-order valence-electron chi connectivity index (χ0n) is 29.7. The van der Waals surface area contributed by atoms with Crippen molar-refractivity contribution in [2.45, 2.75) is 0 Å². The van der Waals surface area contributed by atoms with Gasteiger partial charge in [-0.25, -0.2) is 4.98 Å². The van der Waals surface area contributed by atoms with Gasteiger partial charge in [-0.1, -0.05) is 146 Å². The lowest BCUT2D eigenvalue weighted by Crippen LogP contribution is -2.10. The van der Waals surface area contributed by atoms with Gasteiger partial charge in [0.1, 0.15) is 5.01 Å². The summed E-state index contributed by atoms with van der Waals surface area (Å²) in [5.41, 5.74) is 10.4. The second-order valence-electron chi connectivity index (χ2n) is 14.0. The van der Waals surface area contributed by atoms with Crippen molar-refractivity contribution in [3.8, 4) is 32.8 Å². The Labute approximate surface area is 326 Å². The molecule has 0 unspecified atom stereocenters. The molecule has 0 spiro atoms. The Balaban J connectivity index is 1.11. The topological polar surface area (TPSA) is 16.1 Å². The molecule has 55 heavy (non-hydrogen) atoms. The van der Waals surface area contributed by atoms with E-state index in [0.717, 1.165) is 33.1 Å². The van der Waals surface area contributed by atoms with Crippen LogP contribution in [-0.4, -0.2) is 4.98 Å². The van der Waals surface area contributed by atoms with E-state index in [1.807, 2.05) is 11.3 Å². The molecular formula is C51H32N2S2. The number of fused-ring (bicyclic) bond motifs is 6. The normalized spacial score (nSPS) is 11.6. The first-order valence-electron chi connectivity index (χ1n) is 18.5. The van der Waals surface area contributed by atoms with E-state index in [1.165, 1.54) is 68.7 Å². The summed E-state index contributed by atoms with van der Waals surface area (Å²) in [4.78, 5) is 7.52. The van der Waals surface area contributed by atoms with Crippen LogP contribution in [0.4, 0.5) is 17.1 Å². The van der Waals surface area contributed by atoms with Crippen LogP contribution >= 0.6 is 22.7 Å². The first kappa shape index (κ1) is 31.9. The fraction of sp³-hybridized carbons (Fsp3) is 0. The van der Waals surface area contributed by atoms with Crippen molar-refractivity contribution in [2.75, 3.05) is 4.90 Å². The van der Waals surface area contributed by atoms with E-state index in [9.17, 15) is 0 Å². The van der Waals surface area contributed by atoms with Crippen LogP contribution in [0.2, 0.25) is 0 Å². The fourth-order valence-corrected chi connectivity index (χ4v) is 10.2. The molecule has 258 valence electrons. The first-order chi connectivity index (χ1) is 27.2. The number of anilines is 3. The molecule has 11 rings (SSSR count). The zero-order chi connectivity index (χ0) is 36.3. The van der Waals surface area contributed by atoms with Gasteiger partial charge in [0.2, 0.25) is 0 Å². The van der Waals surface area contributed by atoms with Gasteiger partial charge in [-0.05, 0) is 86.9 Å². The highest BCUT2D eigenvalue weighted by atomic mass is 32.1. The second-order valence-corrected chi connectivity index (χ2v) is 16.1. The fourth-order valence-electron chi connectivity index (χ4n) is 8.00. The maximum absolute atomic E-state index is 5.07. The zero-order valence-corrected chi connectivity index (χ0v) is 31.3. The van der Waals surface area contributed by atoms with Crippen molar-refractivity contribution < 1.29 is 0 Å². The van der Waals surface area contributed by atoms with Crippen molar-refractivity contribution in [2.24, 2.45) is 0 Å². The molecule has 0 saturated heterocycles. The molecule has 0 fully saturated rings. The number of hydrogen-bond donors (Lipinski definition) is 0. The molecule has 0 amide bonds. The number of rotatable bonds is 6. The summed E-state index contributed by atoms with van der Waals surface area (Å²) in [6.45, 7) is 0. The smallest absolute Gasteiger partial charge is 0.124 e. The van der Waals surface area contributed by atoms with E-state index in [1.54, 1.807) is 11.3 Å². The highest BCUT2D eigenvalue weighted by Gasteiger charge is 2.20. The lowest BCUT2D eigenvalue weighted by atomic mass is 9.94. The first-order valence-corrected chi connectivity index (χ1v) is 20.2. The predicted molar refractivity (Wildman–Crippen MR) is 239 cm³/mol. The van der Waals surface area contributed by atoms with Crippen LogP contribution < -0.4 is 4.90 Å². The van der Waals surface area contributed by atoms with E-state index >= 15 is 0 Å². The summed E-state index contributed by atoms with van der Waals surface area (Å²) in [7, 11) is 0. The molecule has 0 bridgehead atoms. The predicted octanol–water partition coefficient (Wildman–Crippen LogP) is 15.4. The maximum Gasteiger partial charge on any atom is 0.124 e. The van der Waals surface area contributed by atoms with E-state index in [2.05, 4.69) is 199 Å². The Hall–Kier alpha value is -6.59. The van der Waals surface area contributed by atoms with Gasteiger partial charge in [0, 0.05) is 42.5 Å². The number of benzene rings is 9. The van der Waals surface area contributed by atoms with Gasteiger partial charge in [0.15, 0.2) is 0 Å². The van der Waals surface area contributed by atoms with Gasteiger partial charge < -0.3 is 4.90 Å². The van der Waals surface area contributed by atoms with E-state index in [0.29, 0.717) is 0 Å². The van der Waals surface area contributed by atoms with Crippen LogP contribution in [0.25, 0.3) is 84.8 Å². The minimum absolute atomic E-state index is 1.05. The van der Waals surface area contributed by atoms with Gasteiger partial charge >= 0.3 is 0 Å². The standard InChI is InChI=1S/C51H32N2S2/c1-3-12-33(13-4-1)34-22-24-39(25-23-34)53(47-29-38(28-37-17-8-10-20-43(37)47)42-21-11-18-35-14-7-9-19-41(35)42)40-26-27-44-45-31-46-50(32-49(45)54-48(44)30-40)55-51(52-46)36-15-5-2-6-16-36/h1-32H. The van der Waals surface area contributed by atoms with Crippen LogP contribution in [-0.2, 0) is 0 Å². The van der Waals surface area contributed by atoms with Crippen LogP contribution in [0, 0.1) is 0 Å². The van der Waals surface area contributed by atoms with Crippen LogP contribution in [0.15, 0.2) is 194 Å². The largest absolute Gasteiger partial charge is 0.310 e. The summed E-state index contributed by atoms with van der Waals surface area (Å²) < 4.78 is 3.76. The molecule has 0 aliphatic rings. The molecule has 0 aliphatic heterocycles. The molecule has 0 aliphatic carbocycles. The third-order valence-electron chi connectivity index (χ3n) is 10.7. The van der Waals surface area contributed by atoms with E-state index in [4.69, 9.17) is 4.98 Å². The Kier molecular flexibility index (Phi) is 7.58. The number of thiazole rings is 1. The number of nitrogens with zero attached hydrogens (tertiary/aromatic N) is 2. The molecule has 0 saturated carbocycles. The van der Waals surface area contributed by atoms with Crippen LogP contribution in [0.5, 0.6) is 0 Å². The Morgan fingerprint density at radius 3 is 1.84 bits per heavy atom. The molecule has 9 aromatic carbocycles. The van der Waals surface area contributed by atoms with Gasteiger partial charge in [-0.15, -0.1) is 22.7 Å². The van der Waals surface area contributed by atoms with E-state index < -0.39 is 0 Å². The van der Waals surface area contributed by atoms with Gasteiger partial charge in [-0.3, -0.25) is 0 Å². The molecule has 2 nitrogen and oxygen atoms in total. The Bertz CT molecular complexity index is 3190. The third kappa shape index (κ3) is 5.58. The quantitative estimate of drug-likeness (QED) is 0.169. The monoisotopic (exact) mass is 736 g/mol. The third-order valence-corrected chi connectivity index (χ3v) is 12.8.